The molecule has 0 fully saturated rings. The summed E-state index contributed by atoms with van der Waals surface area (Å²) in [6.45, 7) is 4.42. The highest BCUT2D eigenvalue weighted by atomic mass is 16.6. The van der Waals surface area contributed by atoms with Gasteiger partial charge in [-0.25, -0.2) is 4.79 Å². The summed E-state index contributed by atoms with van der Waals surface area (Å²) >= 11 is 0. The van der Waals surface area contributed by atoms with Gasteiger partial charge >= 0.3 is 5.97 Å². The molecule has 1 atom stereocenters. The van der Waals surface area contributed by atoms with Gasteiger partial charge in [0.25, 0.3) is 0 Å². The van der Waals surface area contributed by atoms with Crippen LogP contribution in [0.4, 0.5) is 5.69 Å². The zero-order valence-electron chi connectivity index (χ0n) is 10.9. The Morgan fingerprint density at radius 2 is 2.17 bits per heavy atom. The standard InChI is InChI=1S/C13H19NO4/c1-4-17-12-6-5-10(14)7-11(12)13(15)18-9(2)8-16-3/h5-7,9H,4,8,14H2,1-3H3/t9-/m0/s1. The first kappa shape index (κ1) is 14.3. The number of benzene rings is 1. The summed E-state index contributed by atoms with van der Waals surface area (Å²) < 4.78 is 15.5. The lowest BCUT2D eigenvalue weighted by atomic mass is 10.2. The number of nitrogen functional groups attached to an aromatic ring is 1. The molecule has 0 saturated carbocycles. The van der Waals surface area contributed by atoms with Gasteiger partial charge in [0.2, 0.25) is 0 Å². The number of hydrogen-bond acceptors (Lipinski definition) is 5. The lowest BCUT2D eigenvalue weighted by Crippen LogP contribution is -2.20. The highest BCUT2D eigenvalue weighted by molar-refractivity contribution is 5.93. The highest BCUT2D eigenvalue weighted by Crippen LogP contribution is 2.22. The number of anilines is 1. The minimum absolute atomic E-state index is 0.321. The second-order valence-corrected chi connectivity index (χ2v) is 3.86. The van der Waals surface area contributed by atoms with Crippen molar-refractivity contribution in [2.24, 2.45) is 0 Å². The first-order valence-corrected chi connectivity index (χ1v) is 5.80. The molecule has 0 aliphatic heterocycles. The molecule has 0 amide bonds. The number of carbonyl (C=O) groups excluding carboxylic acids is 1. The van der Waals surface area contributed by atoms with Crippen molar-refractivity contribution in [3.63, 3.8) is 0 Å². The lowest BCUT2D eigenvalue weighted by Gasteiger charge is -2.14. The van der Waals surface area contributed by atoms with Gasteiger partial charge < -0.3 is 19.9 Å². The van der Waals surface area contributed by atoms with E-state index in [4.69, 9.17) is 19.9 Å². The minimum Gasteiger partial charge on any atom is -0.493 e. The average Bonchev–Trinajstić information content (AvgIpc) is 2.32. The van der Waals surface area contributed by atoms with E-state index in [0.29, 0.717) is 30.2 Å². The summed E-state index contributed by atoms with van der Waals surface area (Å²) in [6, 6.07) is 4.89. The van der Waals surface area contributed by atoms with Crippen molar-refractivity contribution < 1.29 is 19.0 Å². The van der Waals surface area contributed by atoms with Crippen LogP contribution >= 0.6 is 0 Å². The van der Waals surface area contributed by atoms with E-state index >= 15 is 0 Å². The van der Waals surface area contributed by atoms with Crippen molar-refractivity contribution in [3.05, 3.63) is 23.8 Å². The van der Waals surface area contributed by atoms with Crippen LogP contribution in [0.5, 0.6) is 5.75 Å². The Labute approximate surface area is 107 Å². The summed E-state index contributed by atoms with van der Waals surface area (Å²) in [5, 5.41) is 0. The molecule has 0 aliphatic rings. The van der Waals surface area contributed by atoms with Gasteiger partial charge in [0.1, 0.15) is 17.4 Å². The molecule has 5 heteroatoms. The number of esters is 1. The maximum absolute atomic E-state index is 12.0. The molecule has 100 valence electrons. The Kier molecular flexibility index (Phi) is 5.45. The SMILES string of the molecule is CCOc1ccc(N)cc1C(=O)O[C@@H](C)COC. The van der Waals surface area contributed by atoms with Gasteiger partial charge in [0.15, 0.2) is 0 Å². The predicted octanol–water partition coefficient (Wildman–Crippen LogP) is 1.86. The zero-order valence-corrected chi connectivity index (χ0v) is 10.9. The smallest absolute Gasteiger partial charge is 0.342 e. The minimum atomic E-state index is -0.463. The molecule has 0 aliphatic carbocycles. The van der Waals surface area contributed by atoms with Gasteiger partial charge in [-0.05, 0) is 32.0 Å². The molecular formula is C13H19NO4. The Bertz CT molecular complexity index is 406. The molecular weight excluding hydrogens is 234 g/mol. The van der Waals surface area contributed by atoms with E-state index in [1.807, 2.05) is 6.92 Å². The average molecular weight is 253 g/mol. The third-order valence-electron chi connectivity index (χ3n) is 2.23. The van der Waals surface area contributed by atoms with Crippen molar-refractivity contribution in [1.29, 1.82) is 0 Å². The van der Waals surface area contributed by atoms with Gasteiger partial charge in [-0.3, -0.25) is 0 Å². The van der Waals surface area contributed by atoms with Crippen LogP contribution in [0.1, 0.15) is 24.2 Å². The number of methoxy groups -OCH3 is 1. The van der Waals surface area contributed by atoms with E-state index in [1.54, 1.807) is 32.2 Å². The molecule has 0 radical (unpaired) electrons. The summed E-state index contributed by atoms with van der Waals surface area (Å²) in [6.07, 6.45) is -0.321. The van der Waals surface area contributed by atoms with Gasteiger partial charge in [-0.15, -0.1) is 0 Å². The molecule has 0 spiro atoms. The molecule has 0 heterocycles. The van der Waals surface area contributed by atoms with Crippen molar-refractivity contribution in [3.8, 4) is 5.75 Å². The number of hydrogen-bond donors (Lipinski definition) is 1. The van der Waals surface area contributed by atoms with E-state index in [1.165, 1.54) is 0 Å². The first-order chi connectivity index (χ1) is 8.58. The van der Waals surface area contributed by atoms with Crippen molar-refractivity contribution in [2.75, 3.05) is 26.1 Å². The molecule has 0 unspecified atom stereocenters. The molecule has 0 aromatic heterocycles. The summed E-state index contributed by atoms with van der Waals surface area (Å²) in [5.41, 5.74) is 6.49. The third kappa shape index (κ3) is 3.92. The second kappa shape index (κ2) is 6.86. The van der Waals surface area contributed by atoms with E-state index in [9.17, 15) is 4.79 Å². The Balaban J connectivity index is 2.85. The number of carbonyl (C=O) groups is 1. The normalized spacial score (nSPS) is 11.9. The van der Waals surface area contributed by atoms with Crippen LogP contribution in [0.25, 0.3) is 0 Å². The van der Waals surface area contributed by atoms with Crippen LogP contribution in [-0.4, -0.2) is 32.4 Å². The topological polar surface area (TPSA) is 70.8 Å². The second-order valence-electron chi connectivity index (χ2n) is 3.86. The predicted molar refractivity (Wildman–Crippen MR) is 68.8 cm³/mol. The van der Waals surface area contributed by atoms with Crippen molar-refractivity contribution in [2.45, 2.75) is 20.0 Å². The Morgan fingerprint density at radius 1 is 1.44 bits per heavy atom. The molecule has 0 bridgehead atoms. The van der Waals surface area contributed by atoms with Crippen LogP contribution in [0, 0.1) is 0 Å². The first-order valence-electron chi connectivity index (χ1n) is 5.80. The third-order valence-corrected chi connectivity index (χ3v) is 2.23. The fourth-order valence-corrected chi connectivity index (χ4v) is 1.50. The highest BCUT2D eigenvalue weighted by Gasteiger charge is 2.17. The van der Waals surface area contributed by atoms with Gasteiger partial charge in [0.05, 0.1) is 13.2 Å². The molecule has 0 saturated heterocycles. The van der Waals surface area contributed by atoms with Crippen LogP contribution in [0.15, 0.2) is 18.2 Å². The molecule has 18 heavy (non-hydrogen) atoms. The van der Waals surface area contributed by atoms with Crippen molar-refractivity contribution >= 4 is 11.7 Å². The van der Waals surface area contributed by atoms with Crippen molar-refractivity contribution in [1.82, 2.24) is 0 Å². The lowest BCUT2D eigenvalue weighted by molar-refractivity contribution is 0.0117. The molecule has 5 nitrogen and oxygen atoms in total. The van der Waals surface area contributed by atoms with Gasteiger partial charge in [-0.1, -0.05) is 0 Å². The Hall–Kier alpha value is -1.75. The summed E-state index contributed by atoms with van der Waals surface area (Å²) in [7, 11) is 1.55. The molecule has 1 rings (SSSR count). The fraction of sp³-hybridized carbons (Fsp3) is 0.462. The maximum Gasteiger partial charge on any atom is 0.342 e. The van der Waals surface area contributed by atoms with Gasteiger partial charge in [-0.2, -0.15) is 0 Å². The molecule has 1 aromatic carbocycles. The maximum atomic E-state index is 12.0. The fourth-order valence-electron chi connectivity index (χ4n) is 1.50. The number of nitrogens with two attached hydrogens (primary N) is 1. The number of rotatable bonds is 6. The molecule has 1 aromatic rings. The zero-order chi connectivity index (χ0) is 13.5. The van der Waals surface area contributed by atoms with E-state index in [-0.39, 0.29) is 6.10 Å². The van der Waals surface area contributed by atoms with Crippen LogP contribution in [-0.2, 0) is 9.47 Å². The largest absolute Gasteiger partial charge is 0.493 e. The van der Waals surface area contributed by atoms with E-state index in [0.717, 1.165) is 0 Å². The van der Waals surface area contributed by atoms with Crippen LogP contribution in [0.2, 0.25) is 0 Å². The van der Waals surface area contributed by atoms with Crippen LogP contribution < -0.4 is 10.5 Å². The molecule has 2 N–H and O–H groups in total. The Morgan fingerprint density at radius 3 is 2.78 bits per heavy atom. The number of ether oxygens (including phenoxy) is 3. The summed E-state index contributed by atoms with van der Waals surface area (Å²) in [4.78, 5) is 12.0. The van der Waals surface area contributed by atoms with E-state index in [2.05, 4.69) is 0 Å². The van der Waals surface area contributed by atoms with Crippen LogP contribution in [0.3, 0.4) is 0 Å². The summed E-state index contributed by atoms with van der Waals surface area (Å²) in [5.74, 6) is 0.0108. The monoisotopic (exact) mass is 253 g/mol. The van der Waals surface area contributed by atoms with Gasteiger partial charge in [0, 0.05) is 12.8 Å². The quantitative estimate of drug-likeness (QED) is 0.619. The van der Waals surface area contributed by atoms with E-state index < -0.39 is 5.97 Å².